The lowest BCUT2D eigenvalue weighted by molar-refractivity contribution is -0.119. The summed E-state index contributed by atoms with van der Waals surface area (Å²) in [6, 6.07) is 10.4. The number of nitriles is 1. The van der Waals surface area contributed by atoms with Crippen molar-refractivity contribution in [2.45, 2.75) is 78.7 Å². The van der Waals surface area contributed by atoms with Crippen LogP contribution in [0.25, 0.3) is 0 Å². The minimum Gasteiger partial charge on any atom is -0.497 e. The average molecular weight is 488 g/mol. The maximum absolute atomic E-state index is 13.4. The van der Waals surface area contributed by atoms with Crippen LogP contribution in [-0.4, -0.2) is 36.7 Å². The molecular weight excluding hydrogens is 450 g/mol. The highest BCUT2D eigenvalue weighted by Gasteiger charge is 2.49. The van der Waals surface area contributed by atoms with E-state index < -0.39 is 5.92 Å². The molecule has 0 radical (unpaired) electrons. The number of likely N-dealkylation sites (tertiary alicyclic amines) is 1. The first-order chi connectivity index (χ1) is 16.9. The molecular formula is C30H37N3O3. The predicted molar refractivity (Wildman–Crippen MR) is 139 cm³/mol. The van der Waals surface area contributed by atoms with Gasteiger partial charge < -0.3 is 14.4 Å². The quantitative estimate of drug-likeness (QED) is 0.378. The largest absolute Gasteiger partial charge is 0.497 e. The Kier molecular flexibility index (Phi) is 5.82. The Morgan fingerprint density at radius 2 is 1.83 bits per heavy atom. The van der Waals surface area contributed by atoms with E-state index in [1.165, 1.54) is 12.8 Å². The van der Waals surface area contributed by atoms with E-state index in [4.69, 9.17) is 14.5 Å². The van der Waals surface area contributed by atoms with Gasteiger partial charge in [-0.2, -0.15) is 5.26 Å². The fourth-order valence-electron chi connectivity index (χ4n) is 7.23. The van der Waals surface area contributed by atoms with Crippen LogP contribution in [0, 0.1) is 27.6 Å². The number of methoxy groups -OCH3 is 1. The van der Waals surface area contributed by atoms with Gasteiger partial charge in [0.15, 0.2) is 5.78 Å². The third-order valence-corrected chi connectivity index (χ3v) is 8.25. The van der Waals surface area contributed by atoms with Crippen LogP contribution in [0.5, 0.6) is 5.75 Å². The Balaban J connectivity index is 1.54. The van der Waals surface area contributed by atoms with E-state index >= 15 is 0 Å². The van der Waals surface area contributed by atoms with Gasteiger partial charge in [0.1, 0.15) is 23.2 Å². The van der Waals surface area contributed by atoms with Crippen molar-refractivity contribution in [2.24, 2.45) is 21.2 Å². The number of fused-ring (bicyclic) bond motifs is 2. The van der Waals surface area contributed by atoms with Crippen LogP contribution in [-0.2, 0) is 9.53 Å². The molecule has 6 nitrogen and oxygen atoms in total. The molecule has 0 amide bonds. The summed E-state index contributed by atoms with van der Waals surface area (Å²) in [6.45, 7) is 12.2. The van der Waals surface area contributed by atoms with E-state index in [0.29, 0.717) is 47.1 Å². The number of nitrogens with zero attached hydrogens (tertiary/aromatic N) is 3. The van der Waals surface area contributed by atoms with E-state index in [1.54, 1.807) is 7.11 Å². The third kappa shape index (κ3) is 4.45. The standard InChI is InChI=1S/C30H37N3O3/c1-28(2)13-23(34)26-24(14-28)36-27(22(15-31)25(26)19-7-9-21(35-6)10-8-19)32-18-33-17-30(5)12-20(33)11-29(3,4)16-30/h7-10,18,20,25H,11-14,16-17H2,1-6H3. The number of Topliss-reactive ketones (excluding diaryl/α,β-unsaturated/α-hetero) is 1. The van der Waals surface area contributed by atoms with Crippen LogP contribution in [0.2, 0.25) is 0 Å². The summed E-state index contributed by atoms with van der Waals surface area (Å²) in [4.78, 5) is 20.5. The number of ether oxygens (including phenoxy) is 2. The van der Waals surface area contributed by atoms with Gasteiger partial charge in [0.25, 0.3) is 0 Å². The van der Waals surface area contributed by atoms with Crippen LogP contribution in [0.3, 0.4) is 0 Å². The van der Waals surface area contributed by atoms with E-state index in [1.807, 2.05) is 30.6 Å². The number of carbonyl (C=O) groups is 1. The molecule has 1 aromatic rings. The van der Waals surface area contributed by atoms with E-state index in [2.05, 4.69) is 45.6 Å². The number of benzene rings is 1. The van der Waals surface area contributed by atoms with Gasteiger partial charge in [0.2, 0.25) is 5.88 Å². The summed E-state index contributed by atoms with van der Waals surface area (Å²) in [5, 5.41) is 10.3. The molecule has 1 saturated carbocycles. The number of rotatable bonds is 4. The molecule has 2 fully saturated rings. The molecule has 3 atom stereocenters. The van der Waals surface area contributed by atoms with Crippen molar-refractivity contribution in [1.82, 2.24) is 4.90 Å². The molecule has 1 aromatic carbocycles. The van der Waals surface area contributed by atoms with Gasteiger partial charge in [-0.25, -0.2) is 4.99 Å². The van der Waals surface area contributed by atoms with Crippen molar-refractivity contribution in [3.63, 3.8) is 0 Å². The number of hydrogen-bond donors (Lipinski definition) is 0. The number of aliphatic imine (C=N–C) groups is 1. The van der Waals surface area contributed by atoms with Gasteiger partial charge >= 0.3 is 0 Å². The lowest BCUT2D eigenvalue weighted by Gasteiger charge is -2.39. The van der Waals surface area contributed by atoms with Crippen molar-refractivity contribution in [2.75, 3.05) is 13.7 Å². The fourth-order valence-corrected chi connectivity index (χ4v) is 7.23. The summed E-state index contributed by atoms with van der Waals surface area (Å²) in [5.74, 6) is 1.24. The van der Waals surface area contributed by atoms with Gasteiger partial charge in [-0.1, -0.05) is 46.8 Å². The second-order valence-electron chi connectivity index (χ2n) is 13.0. The van der Waals surface area contributed by atoms with Gasteiger partial charge in [-0.05, 0) is 53.2 Å². The number of ketones is 1. The second-order valence-corrected chi connectivity index (χ2v) is 13.0. The van der Waals surface area contributed by atoms with E-state index in [9.17, 15) is 10.1 Å². The topological polar surface area (TPSA) is 74.9 Å². The summed E-state index contributed by atoms with van der Waals surface area (Å²) in [5.41, 5.74) is 2.24. The Labute approximate surface area is 214 Å². The first-order valence-electron chi connectivity index (χ1n) is 12.9. The molecule has 2 heterocycles. The van der Waals surface area contributed by atoms with Crippen molar-refractivity contribution < 1.29 is 14.3 Å². The molecule has 36 heavy (non-hydrogen) atoms. The molecule has 3 unspecified atom stereocenters. The van der Waals surface area contributed by atoms with Gasteiger partial charge in [0.05, 0.1) is 19.4 Å². The Morgan fingerprint density at radius 3 is 2.50 bits per heavy atom. The lowest BCUT2D eigenvalue weighted by Crippen LogP contribution is -2.34. The van der Waals surface area contributed by atoms with Crippen molar-refractivity contribution in [3.8, 4) is 11.8 Å². The highest BCUT2D eigenvalue weighted by Crippen LogP contribution is 2.52. The molecule has 0 N–H and O–H groups in total. The third-order valence-electron chi connectivity index (χ3n) is 8.25. The van der Waals surface area contributed by atoms with Gasteiger partial charge in [-0.3, -0.25) is 4.79 Å². The summed E-state index contributed by atoms with van der Waals surface area (Å²) < 4.78 is 11.6. The Bertz CT molecular complexity index is 1210. The van der Waals surface area contributed by atoms with Crippen LogP contribution >= 0.6 is 0 Å². The van der Waals surface area contributed by atoms with E-state index in [-0.39, 0.29) is 16.6 Å². The molecule has 1 saturated heterocycles. The first-order valence-corrected chi connectivity index (χ1v) is 12.9. The average Bonchev–Trinajstić information content (AvgIpc) is 3.03. The van der Waals surface area contributed by atoms with E-state index in [0.717, 1.165) is 24.3 Å². The SMILES string of the molecule is COc1ccc(C2C(C#N)=C(N=CN3CC4(C)CC3CC(C)(C)C4)OC3=C2C(=O)CC(C)(C)C3)cc1. The molecule has 2 aliphatic carbocycles. The zero-order valence-electron chi connectivity index (χ0n) is 22.4. The second kappa shape index (κ2) is 8.50. The molecule has 0 spiro atoms. The maximum atomic E-state index is 13.4. The molecule has 4 aliphatic rings. The summed E-state index contributed by atoms with van der Waals surface area (Å²) >= 11 is 0. The fraction of sp³-hybridized carbons (Fsp3) is 0.567. The number of carbonyl (C=O) groups excluding carboxylic acids is 1. The number of allylic oxidation sites excluding steroid dienone is 3. The van der Waals surface area contributed by atoms with Crippen LogP contribution < -0.4 is 4.74 Å². The minimum atomic E-state index is -0.491. The summed E-state index contributed by atoms with van der Waals surface area (Å²) in [7, 11) is 1.62. The van der Waals surface area contributed by atoms with Crippen LogP contribution in [0.1, 0.15) is 78.2 Å². The van der Waals surface area contributed by atoms with Crippen LogP contribution in [0.15, 0.2) is 52.0 Å². The molecule has 2 bridgehead atoms. The van der Waals surface area contributed by atoms with Gasteiger partial charge in [0, 0.05) is 31.0 Å². The zero-order valence-corrected chi connectivity index (χ0v) is 22.4. The predicted octanol–water partition coefficient (Wildman–Crippen LogP) is 6.12. The smallest absolute Gasteiger partial charge is 0.235 e. The molecule has 5 rings (SSSR count). The van der Waals surface area contributed by atoms with Crippen LogP contribution in [0.4, 0.5) is 0 Å². The molecule has 2 aliphatic heterocycles. The van der Waals surface area contributed by atoms with Gasteiger partial charge in [-0.15, -0.1) is 0 Å². The minimum absolute atomic E-state index is 0.0429. The Morgan fingerprint density at radius 1 is 1.11 bits per heavy atom. The highest BCUT2D eigenvalue weighted by atomic mass is 16.5. The van der Waals surface area contributed by atoms with Crippen molar-refractivity contribution in [3.05, 3.63) is 52.6 Å². The monoisotopic (exact) mass is 487 g/mol. The molecule has 0 aromatic heterocycles. The lowest BCUT2D eigenvalue weighted by atomic mass is 9.65. The first kappa shape index (κ1) is 24.6. The maximum Gasteiger partial charge on any atom is 0.235 e. The van der Waals surface area contributed by atoms with Crippen molar-refractivity contribution in [1.29, 1.82) is 5.26 Å². The molecule has 6 heteroatoms. The zero-order chi connectivity index (χ0) is 25.9. The highest BCUT2D eigenvalue weighted by molar-refractivity contribution is 6.00. The Hall–Kier alpha value is -3.07. The number of hydrogen-bond acceptors (Lipinski definition) is 5. The summed E-state index contributed by atoms with van der Waals surface area (Å²) in [6.07, 6.45) is 6.46. The van der Waals surface area contributed by atoms with Crippen molar-refractivity contribution >= 4 is 12.1 Å². The normalized spacial score (nSPS) is 30.8. The molecule has 190 valence electrons.